The molecular weight excluding hydrogens is 508 g/mol. The summed E-state index contributed by atoms with van der Waals surface area (Å²) >= 11 is 0. The summed E-state index contributed by atoms with van der Waals surface area (Å²) in [4.78, 5) is 40.1. The van der Waals surface area contributed by atoms with Crippen LogP contribution < -0.4 is 10.2 Å². The molecule has 1 aromatic heterocycles. The average Bonchev–Trinajstić information content (AvgIpc) is 2.95. The predicted molar refractivity (Wildman–Crippen MR) is 155 cm³/mol. The summed E-state index contributed by atoms with van der Waals surface area (Å²) < 4.78 is 10.6. The zero-order chi connectivity index (χ0) is 28.5. The van der Waals surface area contributed by atoms with Gasteiger partial charge in [0.25, 0.3) is 0 Å². The first-order chi connectivity index (χ1) is 19.2. The van der Waals surface area contributed by atoms with Crippen LogP contribution in [-0.2, 0) is 20.8 Å². The Hall–Kier alpha value is -3.24. The topological polar surface area (TPSA) is 100 Å². The van der Waals surface area contributed by atoms with E-state index in [2.05, 4.69) is 25.1 Å². The van der Waals surface area contributed by atoms with Crippen molar-refractivity contribution in [3.63, 3.8) is 0 Å². The number of likely N-dealkylation sites (N-methyl/N-ethyl adjacent to an activating group) is 1. The first-order valence-electron chi connectivity index (χ1n) is 14.3. The number of hydrogen-bond donors (Lipinski definition) is 1. The Morgan fingerprint density at radius 3 is 2.45 bits per heavy atom. The number of benzene rings is 1. The fraction of sp³-hybridized carbons (Fsp3) is 0.600. The van der Waals surface area contributed by atoms with Crippen molar-refractivity contribution in [1.29, 1.82) is 0 Å². The van der Waals surface area contributed by atoms with Crippen LogP contribution in [0.1, 0.15) is 45.6 Å². The first-order valence-corrected chi connectivity index (χ1v) is 14.3. The molecule has 40 heavy (non-hydrogen) atoms. The minimum atomic E-state index is -0.610. The van der Waals surface area contributed by atoms with E-state index in [1.807, 2.05) is 36.7 Å². The van der Waals surface area contributed by atoms with Gasteiger partial charge in [-0.05, 0) is 69.7 Å². The number of alkyl carbamates (subject to hydrolysis) is 1. The predicted octanol–water partition coefficient (Wildman–Crippen LogP) is 3.57. The van der Waals surface area contributed by atoms with Crippen LogP contribution in [0.4, 0.5) is 10.7 Å². The molecule has 10 heteroatoms. The summed E-state index contributed by atoms with van der Waals surface area (Å²) in [7, 11) is 1.72. The lowest BCUT2D eigenvalue weighted by Gasteiger charge is -2.34. The number of nitrogens with zero attached hydrogens (tertiary/aromatic N) is 5. The van der Waals surface area contributed by atoms with Gasteiger partial charge >= 0.3 is 6.09 Å². The van der Waals surface area contributed by atoms with Crippen LogP contribution in [0.25, 0.3) is 11.1 Å². The number of anilines is 1. The molecule has 0 aliphatic carbocycles. The summed E-state index contributed by atoms with van der Waals surface area (Å²) in [5, 5.41) is 2.52. The molecule has 10 nitrogen and oxygen atoms in total. The van der Waals surface area contributed by atoms with E-state index in [0.717, 1.165) is 67.9 Å². The van der Waals surface area contributed by atoms with Gasteiger partial charge < -0.3 is 24.6 Å². The molecule has 218 valence electrons. The molecule has 3 heterocycles. The Morgan fingerprint density at radius 1 is 1.07 bits per heavy atom. The Balaban J connectivity index is 1.24. The van der Waals surface area contributed by atoms with Crippen molar-refractivity contribution in [1.82, 2.24) is 25.1 Å². The number of nitrogens with one attached hydrogen (secondary N) is 1. The molecule has 2 aromatic rings. The third-order valence-electron chi connectivity index (χ3n) is 7.38. The summed E-state index contributed by atoms with van der Waals surface area (Å²) in [5.74, 6) is 1.35. The van der Waals surface area contributed by atoms with Crippen molar-refractivity contribution in [3.8, 4) is 11.1 Å². The third-order valence-corrected chi connectivity index (χ3v) is 7.38. The van der Waals surface area contributed by atoms with Gasteiger partial charge in [0.2, 0.25) is 11.9 Å². The lowest BCUT2D eigenvalue weighted by molar-refractivity contribution is -0.129. The number of carbonyl (C=O) groups excluding carboxylic acids is 2. The Bertz CT molecular complexity index is 1110. The molecule has 0 atom stereocenters. The molecule has 0 saturated carbocycles. The van der Waals surface area contributed by atoms with Gasteiger partial charge in [0.15, 0.2) is 0 Å². The summed E-state index contributed by atoms with van der Waals surface area (Å²) in [6, 6.07) is 8.02. The van der Waals surface area contributed by atoms with Crippen molar-refractivity contribution >= 4 is 17.9 Å². The molecule has 2 fully saturated rings. The second-order valence-corrected chi connectivity index (χ2v) is 11.8. The second kappa shape index (κ2) is 13.9. The molecule has 2 aliphatic rings. The van der Waals surface area contributed by atoms with Crippen LogP contribution in [0.15, 0.2) is 36.7 Å². The second-order valence-electron chi connectivity index (χ2n) is 11.8. The maximum absolute atomic E-state index is 12.5. The van der Waals surface area contributed by atoms with E-state index in [-0.39, 0.29) is 12.5 Å². The SMILES string of the molecule is CN(Cc1cccc(-c2cnc(N3CCC(CCN4CCOCC4)CC3)nc2)c1)C(=O)CNC(=O)OC(C)(C)C. The van der Waals surface area contributed by atoms with Gasteiger partial charge in [0, 0.05) is 57.7 Å². The number of amides is 2. The minimum absolute atomic E-state index is 0.120. The van der Waals surface area contributed by atoms with Crippen molar-refractivity contribution in [2.45, 2.75) is 52.2 Å². The molecule has 4 rings (SSSR count). The van der Waals surface area contributed by atoms with Gasteiger partial charge in [-0.3, -0.25) is 9.69 Å². The van der Waals surface area contributed by atoms with Gasteiger partial charge in [0.05, 0.1) is 13.2 Å². The first kappa shape index (κ1) is 29.7. The number of carbonyl (C=O) groups is 2. The van der Waals surface area contributed by atoms with E-state index in [1.54, 1.807) is 32.7 Å². The lowest BCUT2D eigenvalue weighted by atomic mass is 9.93. The minimum Gasteiger partial charge on any atom is -0.444 e. The Morgan fingerprint density at radius 2 is 1.77 bits per heavy atom. The number of rotatable bonds is 9. The van der Waals surface area contributed by atoms with E-state index < -0.39 is 11.7 Å². The van der Waals surface area contributed by atoms with E-state index in [4.69, 9.17) is 9.47 Å². The molecule has 0 unspecified atom stereocenters. The highest BCUT2D eigenvalue weighted by Gasteiger charge is 2.22. The van der Waals surface area contributed by atoms with Gasteiger partial charge in [-0.2, -0.15) is 0 Å². The Kier molecular flexibility index (Phi) is 10.3. The number of ether oxygens (including phenoxy) is 2. The van der Waals surface area contributed by atoms with Crippen molar-refractivity contribution in [2.24, 2.45) is 5.92 Å². The van der Waals surface area contributed by atoms with Crippen LogP contribution in [0.3, 0.4) is 0 Å². The molecule has 2 aliphatic heterocycles. The highest BCUT2D eigenvalue weighted by atomic mass is 16.6. The van der Waals surface area contributed by atoms with E-state index >= 15 is 0 Å². The monoisotopic (exact) mass is 552 g/mol. The molecule has 0 radical (unpaired) electrons. The summed E-state index contributed by atoms with van der Waals surface area (Å²) in [6.45, 7) is 12.6. The maximum Gasteiger partial charge on any atom is 0.408 e. The van der Waals surface area contributed by atoms with Gasteiger partial charge in [0.1, 0.15) is 12.1 Å². The van der Waals surface area contributed by atoms with Crippen LogP contribution in [0.2, 0.25) is 0 Å². The average molecular weight is 553 g/mol. The van der Waals surface area contributed by atoms with Crippen LogP contribution in [0.5, 0.6) is 0 Å². The standard InChI is InChI=1S/C30H44N6O4/c1-30(2,3)40-29(38)33-21-27(37)34(4)22-24-6-5-7-25(18-24)26-19-31-28(32-20-26)36-12-9-23(10-13-36)8-11-35-14-16-39-17-15-35/h5-7,18-20,23H,8-17,21-22H2,1-4H3,(H,33,38). The highest BCUT2D eigenvalue weighted by molar-refractivity contribution is 5.82. The number of morpholine rings is 1. The fourth-order valence-corrected chi connectivity index (χ4v) is 5.05. The van der Waals surface area contributed by atoms with E-state index in [9.17, 15) is 9.59 Å². The quantitative estimate of drug-likeness (QED) is 0.504. The largest absolute Gasteiger partial charge is 0.444 e. The van der Waals surface area contributed by atoms with E-state index in [0.29, 0.717) is 6.54 Å². The third kappa shape index (κ3) is 9.16. The lowest BCUT2D eigenvalue weighted by Crippen LogP contribution is -2.40. The number of piperidine rings is 1. The van der Waals surface area contributed by atoms with Crippen LogP contribution >= 0.6 is 0 Å². The van der Waals surface area contributed by atoms with Gasteiger partial charge in [-0.15, -0.1) is 0 Å². The normalized spacial score (nSPS) is 16.9. The van der Waals surface area contributed by atoms with Crippen molar-refractivity contribution in [3.05, 3.63) is 42.2 Å². The number of hydrogen-bond acceptors (Lipinski definition) is 8. The molecule has 2 amide bonds. The smallest absolute Gasteiger partial charge is 0.408 e. The summed E-state index contributed by atoms with van der Waals surface area (Å²) in [6.07, 6.45) is 6.77. The van der Waals surface area contributed by atoms with Crippen LogP contribution in [0, 0.1) is 5.92 Å². The zero-order valence-corrected chi connectivity index (χ0v) is 24.4. The molecular formula is C30H44N6O4. The van der Waals surface area contributed by atoms with Crippen LogP contribution in [-0.4, -0.2) is 96.9 Å². The molecule has 0 spiro atoms. The number of aromatic nitrogens is 2. The van der Waals surface area contributed by atoms with Crippen molar-refractivity contribution in [2.75, 3.05) is 64.4 Å². The molecule has 0 bridgehead atoms. The van der Waals surface area contributed by atoms with Crippen molar-refractivity contribution < 1.29 is 19.1 Å². The highest BCUT2D eigenvalue weighted by Crippen LogP contribution is 2.25. The molecule has 1 N–H and O–H groups in total. The molecule has 2 saturated heterocycles. The molecule has 1 aromatic carbocycles. The van der Waals surface area contributed by atoms with Gasteiger partial charge in [-0.1, -0.05) is 18.2 Å². The zero-order valence-electron chi connectivity index (χ0n) is 24.4. The fourth-order valence-electron chi connectivity index (χ4n) is 5.05. The van der Waals surface area contributed by atoms with E-state index in [1.165, 1.54) is 25.8 Å². The van der Waals surface area contributed by atoms with Gasteiger partial charge in [-0.25, -0.2) is 14.8 Å². The maximum atomic E-state index is 12.5. The Labute approximate surface area is 238 Å². The summed E-state index contributed by atoms with van der Waals surface area (Å²) in [5.41, 5.74) is 2.31.